The number of rotatable bonds is 4. The Balaban J connectivity index is 1.40. The first-order valence-electron chi connectivity index (χ1n) is 6.85. The van der Waals surface area contributed by atoms with Crippen molar-refractivity contribution in [3.8, 4) is 0 Å². The summed E-state index contributed by atoms with van der Waals surface area (Å²) >= 11 is 0. The van der Waals surface area contributed by atoms with Crippen LogP contribution in [0.25, 0.3) is 0 Å². The molecule has 1 saturated carbocycles. The zero-order valence-corrected chi connectivity index (χ0v) is 10.4. The smallest absolute Gasteiger partial charge is 0.304 e. The summed E-state index contributed by atoms with van der Waals surface area (Å²) in [6.45, 7) is 5.57. The fourth-order valence-corrected chi connectivity index (χ4v) is 3.43. The fraction of sp³-hybridized carbons (Fsp3) is 0.923. The third-order valence-corrected chi connectivity index (χ3v) is 4.68. The minimum Gasteiger partial charge on any atom is -0.481 e. The Morgan fingerprint density at radius 1 is 1.24 bits per heavy atom. The molecule has 3 rings (SSSR count). The number of hydrogen-bond donors (Lipinski definition) is 1. The van der Waals surface area contributed by atoms with E-state index in [-0.39, 0.29) is 0 Å². The van der Waals surface area contributed by atoms with Crippen molar-refractivity contribution in [3.05, 3.63) is 0 Å². The van der Waals surface area contributed by atoms with Crippen LogP contribution in [0.5, 0.6) is 0 Å². The lowest BCUT2D eigenvalue weighted by Crippen LogP contribution is -2.60. The summed E-state index contributed by atoms with van der Waals surface area (Å²) in [4.78, 5) is 15.5. The predicted octanol–water partition coefficient (Wildman–Crippen LogP) is 1.02. The zero-order valence-electron chi connectivity index (χ0n) is 10.4. The molecule has 2 heterocycles. The summed E-state index contributed by atoms with van der Waals surface area (Å²) in [6, 6.07) is 0.913. The Hall–Kier alpha value is -0.610. The van der Waals surface area contributed by atoms with Gasteiger partial charge >= 0.3 is 5.97 Å². The first-order valence-corrected chi connectivity index (χ1v) is 6.85. The molecule has 0 amide bonds. The van der Waals surface area contributed by atoms with Gasteiger partial charge in [0.25, 0.3) is 0 Å². The molecule has 4 heteroatoms. The number of carboxylic acids is 1. The SMILES string of the molecule is O=C(O)CCN1CC2(CCN(C3CC3)CC2)C1. The second-order valence-corrected chi connectivity index (χ2v) is 6.12. The number of carbonyl (C=O) groups is 1. The Morgan fingerprint density at radius 2 is 1.88 bits per heavy atom. The van der Waals surface area contributed by atoms with Crippen LogP contribution >= 0.6 is 0 Å². The van der Waals surface area contributed by atoms with Crippen LogP contribution in [0, 0.1) is 5.41 Å². The van der Waals surface area contributed by atoms with E-state index in [4.69, 9.17) is 5.11 Å². The molecule has 3 aliphatic rings. The van der Waals surface area contributed by atoms with Gasteiger partial charge < -0.3 is 14.9 Å². The first-order chi connectivity index (χ1) is 8.17. The van der Waals surface area contributed by atoms with Crippen LogP contribution in [0.2, 0.25) is 0 Å². The van der Waals surface area contributed by atoms with E-state index in [2.05, 4.69) is 9.80 Å². The Bertz CT molecular complexity index is 299. The van der Waals surface area contributed by atoms with Crippen molar-refractivity contribution in [2.75, 3.05) is 32.7 Å². The quantitative estimate of drug-likeness (QED) is 0.794. The van der Waals surface area contributed by atoms with Gasteiger partial charge in [-0.25, -0.2) is 0 Å². The summed E-state index contributed by atoms with van der Waals surface area (Å²) in [7, 11) is 0. The minimum absolute atomic E-state index is 0.296. The molecule has 96 valence electrons. The zero-order chi connectivity index (χ0) is 11.9. The lowest BCUT2D eigenvalue weighted by atomic mass is 9.72. The van der Waals surface area contributed by atoms with Crippen molar-refractivity contribution in [1.29, 1.82) is 0 Å². The summed E-state index contributed by atoms with van der Waals surface area (Å²) in [5.74, 6) is -0.672. The second-order valence-electron chi connectivity index (χ2n) is 6.12. The van der Waals surface area contributed by atoms with E-state index in [1.807, 2.05) is 0 Å². The van der Waals surface area contributed by atoms with E-state index in [1.54, 1.807) is 0 Å². The van der Waals surface area contributed by atoms with Crippen molar-refractivity contribution in [1.82, 2.24) is 9.80 Å². The molecule has 0 unspecified atom stereocenters. The van der Waals surface area contributed by atoms with E-state index >= 15 is 0 Å². The van der Waals surface area contributed by atoms with Crippen molar-refractivity contribution in [2.24, 2.45) is 5.41 Å². The van der Waals surface area contributed by atoms with E-state index in [9.17, 15) is 4.79 Å². The summed E-state index contributed by atoms with van der Waals surface area (Å²) in [6.07, 6.45) is 5.78. The molecule has 0 aromatic heterocycles. The Morgan fingerprint density at radius 3 is 2.41 bits per heavy atom. The maximum Gasteiger partial charge on any atom is 0.304 e. The van der Waals surface area contributed by atoms with Crippen LogP contribution in [-0.4, -0.2) is 59.6 Å². The topological polar surface area (TPSA) is 43.8 Å². The molecule has 1 spiro atoms. The average molecular weight is 238 g/mol. The number of likely N-dealkylation sites (tertiary alicyclic amines) is 2. The monoisotopic (exact) mass is 238 g/mol. The summed E-state index contributed by atoms with van der Waals surface area (Å²) in [5.41, 5.74) is 0.546. The van der Waals surface area contributed by atoms with Crippen LogP contribution in [-0.2, 0) is 4.79 Å². The molecule has 1 N–H and O–H groups in total. The van der Waals surface area contributed by atoms with Crippen LogP contribution in [0.4, 0.5) is 0 Å². The van der Waals surface area contributed by atoms with E-state index in [0.29, 0.717) is 11.8 Å². The molecule has 0 radical (unpaired) electrons. The largest absolute Gasteiger partial charge is 0.481 e. The molecule has 2 saturated heterocycles. The molecule has 4 nitrogen and oxygen atoms in total. The highest BCUT2D eigenvalue weighted by Gasteiger charge is 2.46. The molecular weight excluding hydrogens is 216 g/mol. The molecule has 0 aromatic carbocycles. The number of aliphatic carboxylic acids is 1. The lowest BCUT2D eigenvalue weighted by Gasteiger charge is -2.54. The maximum atomic E-state index is 10.5. The predicted molar refractivity (Wildman–Crippen MR) is 65.0 cm³/mol. The van der Waals surface area contributed by atoms with Gasteiger partial charge in [0, 0.05) is 25.7 Å². The van der Waals surface area contributed by atoms with Gasteiger partial charge in [-0.2, -0.15) is 0 Å². The summed E-state index contributed by atoms with van der Waals surface area (Å²) in [5, 5.41) is 8.65. The normalized spacial score (nSPS) is 29.2. The van der Waals surface area contributed by atoms with Gasteiger partial charge in [-0.15, -0.1) is 0 Å². The molecule has 3 fully saturated rings. The highest BCUT2D eigenvalue weighted by atomic mass is 16.4. The van der Waals surface area contributed by atoms with Crippen molar-refractivity contribution in [2.45, 2.75) is 38.1 Å². The van der Waals surface area contributed by atoms with E-state index in [1.165, 1.54) is 38.8 Å². The van der Waals surface area contributed by atoms with Gasteiger partial charge in [0.15, 0.2) is 0 Å². The Kier molecular flexibility index (Phi) is 2.87. The number of piperidine rings is 1. The molecule has 0 bridgehead atoms. The molecule has 2 aliphatic heterocycles. The van der Waals surface area contributed by atoms with Gasteiger partial charge in [0.05, 0.1) is 6.42 Å². The van der Waals surface area contributed by atoms with Gasteiger partial charge in [-0.05, 0) is 44.2 Å². The molecular formula is C13H22N2O2. The molecule has 0 atom stereocenters. The van der Waals surface area contributed by atoms with Crippen LogP contribution in [0.1, 0.15) is 32.1 Å². The Labute approximate surface area is 103 Å². The van der Waals surface area contributed by atoms with Gasteiger partial charge in [-0.3, -0.25) is 4.79 Å². The first kappa shape index (κ1) is 11.5. The fourth-order valence-electron chi connectivity index (χ4n) is 3.43. The van der Waals surface area contributed by atoms with Gasteiger partial charge in [-0.1, -0.05) is 0 Å². The van der Waals surface area contributed by atoms with Crippen molar-refractivity contribution in [3.63, 3.8) is 0 Å². The second kappa shape index (κ2) is 4.25. The van der Waals surface area contributed by atoms with Gasteiger partial charge in [0.1, 0.15) is 0 Å². The van der Waals surface area contributed by atoms with Crippen LogP contribution < -0.4 is 0 Å². The minimum atomic E-state index is -0.672. The third kappa shape index (κ3) is 2.47. The van der Waals surface area contributed by atoms with Crippen molar-refractivity contribution < 1.29 is 9.90 Å². The van der Waals surface area contributed by atoms with Crippen LogP contribution in [0.15, 0.2) is 0 Å². The van der Waals surface area contributed by atoms with Gasteiger partial charge in [0.2, 0.25) is 0 Å². The standard InChI is InChI=1S/C13H22N2O2/c16-12(17)3-6-14-9-13(10-14)4-7-15(8-5-13)11-1-2-11/h11H,1-10H2,(H,16,17). The van der Waals surface area contributed by atoms with Crippen molar-refractivity contribution >= 4 is 5.97 Å². The highest BCUT2D eigenvalue weighted by molar-refractivity contribution is 5.66. The number of carboxylic acid groups (broad SMARTS) is 1. The molecule has 1 aliphatic carbocycles. The highest BCUT2D eigenvalue weighted by Crippen LogP contribution is 2.42. The molecule has 0 aromatic rings. The number of hydrogen-bond acceptors (Lipinski definition) is 3. The van der Waals surface area contributed by atoms with Crippen LogP contribution in [0.3, 0.4) is 0 Å². The average Bonchev–Trinajstić information content (AvgIpc) is 3.07. The third-order valence-electron chi connectivity index (χ3n) is 4.68. The lowest BCUT2D eigenvalue weighted by molar-refractivity contribution is -0.138. The maximum absolute atomic E-state index is 10.5. The summed E-state index contributed by atoms with van der Waals surface area (Å²) < 4.78 is 0. The van der Waals surface area contributed by atoms with E-state index < -0.39 is 5.97 Å². The molecule has 17 heavy (non-hydrogen) atoms. The number of nitrogens with zero attached hydrogens (tertiary/aromatic N) is 2. The van der Waals surface area contributed by atoms with E-state index in [0.717, 1.165) is 25.7 Å².